The van der Waals surface area contributed by atoms with Crippen molar-refractivity contribution in [2.75, 3.05) is 13.2 Å². The second-order valence-corrected chi connectivity index (χ2v) is 5.41. The Labute approximate surface area is 104 Å². The van der Waals surface area contributed by atoms with Gasteiger partial charge in [-0.05, 0) is 52.4 Å². The zero-order valence-electron chi connectivity index (χ0n) is 11.2. The first-order valence-electron chi connectivity index (χ1n) is 6.49. The van der Waals surface area contributed by atoms with Crippen LogP contribution in [0.2, 0.25) is 0 Å². The molecule has 0 atom stereocenters. The van der Waals surface area contributed by atoms with E-state index in [1.165, 1.54) is 0 Å². The molecular weight excluding hydrogens is 218 g/mol. The Morgan fingerprint density at radius 2 is 1.88 bits per heavy atom. The minimum atomic E-state index is -0.270. The fraction of sp³-hybridized carbons (Fsp3) is 0.923. The molecule has 1 aliphatic carbocycles. The van der Waals surface area contributed by atoms with Crippen LogP contribution < -0.4 is 5.73 Å². The maximum Gasteiger partial charge on any atom is 0.332 e. The van der Waals surface area contributed by atoms with Crippen LogP contribution in [-0.4, -0.2) is 30.8 Å². The summed E-state index contributed by atoms with van der Waals surface area (Å²) in [7, 11) is 0. The predicted octanol–water partition coefficient (Wildman–Crippen LogP) is 1.86. The number of hydrogen-bond acceptors (Lipinski definition) is 4. The van der Waals surface area contributed by atoms with Crippen LogP contribution >= 0.6 is 0 Å². The van der Waals surface area contributed by atoms with Crippen LogP contribution in [0.25, 0.3) is 0 Å². The normalized spacial score (nSPS) is 25.6. The highest BCUT2D eigenvalue weighted by Crippen LogP contribution is 2.32. The van der Waals surface area contributed by atoms with Gasteiger partial charge >= 0.3 is 5.97 Å². The number of nitrogens with two attached hydrogens (primary N) is 1. The van der Waals surface area contributed by atoms with Gasteiger partial charge in [0.2, 0.25) is 0 Å². The van der Waals surface area contributed by atoms with E-state index >= 15 is 0 Å². The number of rotatable bonds is 5. The third kappa shape index (κ3) is 5.04. The molecule has 0 amide bonds. The van der Waals surface area contributed by atoms with Crippen molar-refractivity contribution in [3.8, 4) is 0 Å². The summed E-state index contributed by atoms with van der Waals surface area (Å²) in [5, 5.41) is 0. The molecular formula is C13H25NO3. The molecule has 2 N–H and O–H groups in total. The van der Waals surface area contributed by atoms with E-state index < -0.39 is 0 Å². The average molecular weight is 243 g/mol. The standard InChI is InChI=1S/C13H25NO3/c1-4-16-12(15)9-17-11-7-5-10(6-8-11)13(2,3)14/h10-11H,4-9,14H2,1-3H3. The van der Waals surface area contributed by atoms with Gasteiger partial charge in [-0.15, -0.1) is 0 Å². The summed E-state index contributed by atoms with van der Waals surface area (Å²) in [6.07, 6.45) is 4.33. The summed E-state index contributed by atoms with van der Waals surface area (Å²) in [4.78, 5) is 11.1. The first-order valence-corrected chi connectivity index (χ1v) is 6.49. The quantitative estimate of drug-likeness (QED) is 0.749. The molecule has 0 radical (unpaired) electrons. The van der Waals surface area contributed by atoms with Gasteiger partial charge in [-0.25, -0.2) is 4.79 Å². The molecule has 0 spiro atoms. The van der Waals surface area contributed by atoms with Crippen LogP contribution in [0.4, 0.5) is 0 Å². The molecule has 1 saturated carbocycles. The van der Waals surface area contributed by atoms with Crippen LogP contribution in [0.1, 0.15) is 46.5 Å². The highest BCUT2D eigenvalue weighted by atomic mass is 16.6. The second-order valence-electron chi connectivity index (χ2n) is 5.41. The Kier molecular flexibility index (Phi) is 5.40. The molecule has 0 aliphatic heterocycles. The van der Waals surface area contributed by atoms with E-state index in [1.807, 2.05) is 0 Å². The van der Waals surface area contributed by atoms with Crippen molar-refractivity contribution in [3.63, 3.8) is 0 Å². The summed E-state index contributed by atoms with van der Waals surface area (Å²) in [6.45, 7) is 6.45. The minimum Gasteiger partial charge on any atom is -0.464 e. The molecule has 0 bridgehead atoms. The first-order chi connectivity index (χ1) is 7.93. The molecule has 4 heteroatoms. The summed E-state index contributed by atoms with van der Waals surface area (Å²) in [6, 6.07) is 0. The van der Waals surface area contributed by atoms with Crippen LogP contribution in [0, 0.1) is 5.92 Å². The Balaban J connectivity index is 2.21. The van der Waals surface area contributed by atoms with Gasteiger partial charge < -0.3 is 15.2 Å². The van der Waals surface area contributed by atoms with Crippen molar-refractivity contribution in [3.05, 3.63) is 0 Å². The van der Waals surface area contributed by atoms with Crippen LogP contribution in [0.15, 0.2) is 0 Å². The number of carbonyl (C=O) groups is 1. The van der Waals surface area contributed by atoms with Gasteiger partial charge in [0.05, 0.1) is 12.7 Å². The van der Waals surface area contributed by atoms with Crippen molar-refractivity contribution in [2.45, 2.75) is 58.1 Å². The fourth-order valence-corrected chi connectivity index (χ4v) is 2.36. The Morgan fingerprint density at radius 3 is 2.35 bits per heavy atom. The van der Waals surface area contributed by atoms with Crippen LogP contribution in [0.5, 0.6) is 0 Å². The van der Waals surface area contributed by atoms with Crippen molar-refractivity contribution in [2.24, 2.45) is 11.7 Å². The minimum absolute atomic E-state index is 0.0786. The first kappa shape index (κ1) is 14.5. The highest BCUT2D eigenvalue weighted by molar-refractivity contribution is 5.70. The predicted molar refractivity (Wildman–Crippen MR) is 66.6 cm³/mol. The maximum absolute atomic E-state index is 11.1. The van der Waals surface area contributed by atoms with Gasteiger partial charge in [-0.1, -0.05) is 0 Å². The largest absolute Gasteiger partial charge is 0.464 e. The van der Waals surface area contributed by atoms with E-state index in [1.54, 1.807) is 6.92 Å². The van der Waals surface area contributed by atoms with Gasteiger partial charge in [0.25, 0.3) is 0 Å². The number of ether oxygens (including phenoxy) is 2. The van der Waals surface area contributed by atoms with Crippen molar-refractivity contribution < 1.29 is 14.3 Å². The maximum atomic E-state index is 11.1. The lowest BCUT2D eigenvalue weighted by Gasteiger charge is -2.36. The summed E-state index contributed by atoms with van der Waals surface area (Å²) >= 11 is 0. The molecule has 1 rings (SSSR count). The molecule has 1 fully saturated rings. The fourth-order valence-electron chi connectivity index (χ4n) is 2.36. The molecule has 4 nitrogen and oxygen atoms in total. The number of carbonyl (C=O) groups excluding carboxylic acids is 1. The molecule has 0 aromatic carbocycles. The summed E-state index contributed by atoms with van der Waals surface area (Å²) in [5.74, 6) is 0.290. The van der Waals surface area contributed by atoms with E-state index in [0.29, 0.717) is 12.5 Å². The van der Waals surface area contributed by atoms with Crippen molar-refractivity contribution >= 4 is 5.97 Å². The molecule has 1 aliphatic rings. The number of esters is 1. The zero-order chi connectivity index (χ0) is 12.9. The van der Waals surface area contributed by atoms with E-state index in [-0.39, 0.29) is 24.2 Å². The third-order valence-corrected chi connectivity index (χ3v) is 3.47. The van der Waals surface area contributed by atoms with Crippen LogP contribution in [-0.2, 0) is 14.3 Å². The van der Waals surface area contributed by atoms with Crippen molar-refractivity contribution in [1.29, 1.82) is 0 Å². The van der Waals surface area contributed by atoms with Gasteiger partial charge in [-0.2, -0.15) is 0 Å². The lowest BCUT2D eigenvalue weighted by atomic mass is 9.76. The molecule has 0 unspecified atom stereocenters. The lowest BCUT2D eigenvalue weighted by molar-refractivity contribution is -0.151. The molecule has 0 heterocycles. The monoisotopic (exact) mass is 243 g/mol. The van der Waals surface area contributed by atoms with E-state index in [2.05, 4.69) is 13.8 Å². The highest BCUT2D eigenvalue weighted by Gasteiger charge is 2.30. The molecule has 0 aromatic heterocycles. The molecule has 0 saturated heterocycles. The SMILES string of the molecule is CCOC(=O)COC1CCC(C(C)(C)N)CC1. The third-order valence-electron chi connectivity index (χ3n) is 3.47. The van der Waals surface area contributed by atoms with Gasteiger partial charge in [0, 0.05) is 5.54 Å². The van der Waals surface area contributed by atoms with Gasteiger partial charge in [0.1, 0.15) is 6.61 Å². The second kappa shape index (κ2) is 6.36. The molecule has 0 aromatic rings. The van der Waals surface area contributed by atoms with E-state index in [4.69, 9.17) is 15.2 Å². The van der Waals surface area contributed by atoms with E-state index in [9.17, 15) is 4.79 Å². The van der Waals surface area contributed by atoms with Crippen molar-refractivity contribution in [1.82, 2.24) is 0 Å². The summed E-state index contributed by atoms with van der Waals surface area (Å²) < 4.78 is 10.4. The molecule has 17 heavy (non-hydrogen) atoms. The molecule has 100 valence electrons. The van der Waals surface area contributed by atoms with Crippen LogP contribution in [0.3, 0.4) is 0 Å². The Bertz CT molecular complexity index is 240. The lowest BCUT2D eigenvalue weighted by Crippen LogP contribution is -2.43. The van der Waals surface area contributed by atoms with Gasteiger partial charge in [0.15, 0.2) is 0 Å². The van der Waals surface area contributed by atoms with E-state index in [0.717, 1.165) is 25.7 Å². The topological polar surface area (TPSA) is 61.5 Å². The zero-order valence-corrected chi connectivity index (χ0v) is 11.2. The number of hydrogen-bond donors (Lipinski definition) is 1. The summed E-state index contributed by atoms with van der Waals surface area (Å²) in [5.41, 5.74) is 6.00. The average Bonchev–Trinajstić information content (AvgIpc) is 2.26. The Hall–Kier alpha value is -0.610. The smallest absolute Gasteiger partial charge is 0.332 e. The van der Waals surface area contributed by atoms with Gasteiger partial charge in [-0.3, -0.25) is 0 Å². The Morgan fingerprint density at radius 1 is 1.29 bits per heavy atom.